The van der Waals surface area contributed by atoms with Gasteiger partial charge in [-0.3, -0.25) is 0 Å². The molecule has 1 N–H and O–H groups in total. The molecule has 0 radical (unpaired) electrons. The van der Waals surface area contributed by atoms with E-state index >= 15 is 0 Å². The number of rotatable bonds is 5. The molecular formula is C14H15BrINS. The highest BCUT2D eigenvalue weighted by atomic mass is 127. The molecule has 96 valence electrons. The van der Waals surface area contributed by atoms with Crippen LogP contribution in [0.2, 0.25) is 0 Å². The Morgan fingerprint density at radius 3 is 2.72 bits per heavy atom. The van der Waals surface area contributed by atoms with Crippen molar-refractivity contribution in [1.82, 2.24) is 5.32 Å². The Bertz CT molecular complexity index is 512. The largest absolute Gasteiger partial charge is 0.310 e. The maximum Gasteiger partial charge on any atom is 0.0379 e. The van der Waals surface area contributed by atoms with Crippen LogP contribution >= 0.6 is 49.9 Å². The van der Waals surface area contributed by atoms with Crippen LogP contribution in [-0.4, -0.2) is 6.54 Å². The summed E-state index contributed by atoms with van der Waals surface area (Å²) >= 11 is 7.85. The van der Waals surface area contributed by atoms with E-state index < -0.39 is 0 Å². The molecule has 1 aromatic heterocycles. The number of thiophene rings is 1. The van der Waals surface area contributed by atoms with Crippen LogP contribution in [0.15, 0.2) is 40.2 Å². The molecule has 2 rings (SSSR count). The lowest BCUT2D eigenvalue weighted by Crippen LogP contribution is -2.23. The van der Waals surface area contributed by atoms with Gasteiger partial charge in [0.25, 0.3) is 0 Å². The fourth-order valence-corrected chi connectivity index (χ4v) is 4.28. The average molecular weight is 436 g/mol. The summed E-state index contributed by atoms with van der Waals surface area (Å²) in [5.74, 6) is 0. The van der Waals surface area contributed by atoms with E-state index in [0.29, 0.717) is 6.04 Å². The summed E-state index contributed by atoms with van der Waals surface area (Å²) in [6.45, 7) is 3.14. The molecule has 0 bridgehead atoms. The summed E-state index contributed by atoms with van der Waals surface area (Å²) in [5, 5.41) is 5.72. The van der Waals surface area contributed by atoms with Crippen LogP contribution in [0.3, 0.4) is 0 Å². The predicted molar refractivity (Wildman–Crippen MR) is 91.3 cm³/mol. The molecule has 1 atom stereocenters. The molecule has 18 heavy (non-hydrogen) atoms. The fraction of sp³-hybridized carbons (Fsp3) is 0.286. The Hall–Kier alpha value is 0.0900. The molecule has 1 heterocycles. The number of benzene rings is 1. The minimum Gasteiger partial charge on any atom is -0.310 e. The van der Waals surface area contributed by atoms with E-state index in [4.69, 9.17) is 0 Å². The van der Waals surface area contributed by atoms with Gasteiger partial charge < -0.3 is 5.32 Å². The first kappa shape index (κ1) is 14.5. The molecule has 4 heteroatoms. The minimum atomic E-state index is 0.387. The van der Waals surface area contributed by atoms with Crippen LogP contribution < -0.4 is 5.32 Å². The second-order valence-corrected chi connectivity index (χ2v) is 7.04. The zero-order valence-electron chi connectivity index (χ0n) is 10.1. The van der Waals surface area contributed by atoms with Gasteiger partial charge in [0, 0.05) is 25.4 Å². The summed E-state index contributed by atoms with van der Waals surface area (Å²) in [6.07, 6.45) is 1.03. The van der Waals surface area contributed by atoms with Crippen molar-refractivity contribution in [3.8, 4) is 0 Å². The summed E-state index contributed by atoms with van der Waals surface area (Å²) in [6, 6.07) is 11.1. The maximum atomic E-state index is 3.62. The normalized spacial score (nSPS) is 12.6. The molecule has 0 aliphatic carbocycles. The van der Waals surface area contributed by atoms with E-state index in [1.807, 2.05) is 11.3 Å². The van der Waals surface area contributed by atoms with Gasteiger partial charge in [-0.05, 0) is 68.1 Å². The van der Waals surface area contributed by atoms with Crippen molar-refractivity contribution in [2.75, 3.05) is 6.54 Å². The fourth-order valence-electron chi connectivity index (χ4n) is 1.95. The summed E-state index contributed by atoms with van der Waals surface area (Å²) < 4.78 is 2.55. The monoisotopic (exact) mass is 435 g/mol. The molecule has 1 nitrogen and oxygen atoms in total. The lowest BCUT2D eigenvalue weighted by Gasteiger charge is -2.19. The zero-order chi connectivity index (χ0) is 13.0. The van der Waals surface area contributed by atoms with Gasteiger partial charge in [-0.1, -0.05) is 25.1 Å². The van der Waals surface area contributed by atoms with Crippen molar-refractivity contribution in [3.63, 3.8) is 0 Å². The lowest BCUT2D eigenvalue weighted by molar-refractivity contribution is 0.550. The lowest BCUT2D eigenvalue weighted by atomic mass is 10.0. The number of halogens is 2. The van der Waals surface area contributed by atoms with Gasteiger partial charge in [-0.15, -0.1) is 11.3 Å². The van der Waals surface area contributed by atoms with Gasteiger partial charge in [0.15, 0.2) is 0 Å². The van der Waals surface area contributed by atoms with E-state index in [1.54, 1.807) is 0 Å². The number of hydrogen-bond donors (Lipinski definition) is 1. The Morgan fingerprint density at radius 2 is 2.11 bits per heavy atom. The third-order valence-corrected chi connectivity index (χ3v) is 5.74. The Morgan fingerprint density at radius 1 is 1.33 bits per heavy atom. The first-order valence-electron chi connectivity index (χ1n) is 5.92. The third kappa shape index (κ3) is 3.56. The molecule has 1 aromatic carbocycles. The van der Waals surface area contributed by atoms with Crippen molar-refractivity contribution in [2.24, 2.45) is 0 Å². The highest BCUT2D eigenvalue weighted by Gasteiger charge is 2.15. The zero-order valence-corrected chi connectivity index (χ0v) is 14.7. The average Bonchev–Trinajstić information content (AvgIpc) is 2.75. The number of hydrogen-bond acceptors (Lipinski definition) is 2. The number of nitrogens with one attached hydrogen (secondary N) is 1. The van der Waals surface area contributed by atoms with Crippen LogP contribution in [0.4, 0.5) is 0 Å². The summed E-state index contributed by atoms with van der Waals surface area (Å²) in [5.41, 5.74) is 1.39. The van der Waals surface area contributed by atoms with E-state index in [-0.39, 0.29) is 0 Å². The van der Waals surface area contributed by atoms with E-state index in [9.17, 15) is 0 Å². The predicted octanol–water partition coefficient (Wildman–Crippen LogP) is 5.01. The Balaban J connectivity index is 2.24. The minimum absolute atomic E-state index is 0.387. The van der Waals surface area contributed by atoms with Crippen molar-refractivity contribution in [2.45, 2.75) is 19.4 Å². The van der Waals surface area contributed by atoms with Gasteiger partial charge in [-0.2, -0.15) is 0 Å². The second kappa shape index (κ2) is 7.03. The molecule has 0 fully saturated rings. The smallest absolute Gasteiger partial charge is 0.0379 e. The van der Waals surface area contributed by atoms with Gasteiger partial charge in [0.2, 0.25) is 0 Å². The molecule has 0 aliphatic heterocycles. The third-order valence-electron chi connectivity index (χ3n) is 2.81. The summed E-state index contributed by atoms with van der Waals surface area (Å²) in [7, 11) is 0. The standard InChI is InChI=1S/C14H15BrINS/c1-2-17-13(9-14-11(15)7-8-18-14)10-5-3-4-6-12(10)16/h3-8,13,17H,2,9H2,1H3. The van der Waals surface area contributed by atoms with Crippen LogP contribution in [0.1, 0.15) is 23.4 Å². The van der Waals surface area contributed by atoms with Gasteiger partial charge in [-0.25, -0.2) is 0 Å². The number of likely N-dealkylation sites (N-methyl/N-ethyl adjacent to an activating group) is 1. The molecule has 0 saturated heterocycles. The summed E-state index contributed by atoms with van der Waals surface area (Å²) in [4.78, 5) is 1.40. The molecule has 0 amide bonds. The maximum absolute atomic E-state index is 3.62. The molecule has 0 saturated carbocycles. The Kier molecular flexibility index (Phi) is 5.66. The van der Waals surface area contributed by atoms with Gasteiger partial charge in [0.1, 0.15) is 0 Å². The van der Waals surface area contributed by atoms with Crippen LogP contribution in [-0.2, 0) is 6.42 Å². The van der Waals surface area contributed by atoms with Crippen LogP contribution in [0.25, 0.3) is 0 Å². The molecule has 0 aliphatic rings. The first-order chi connectivity index (χ1) is 8.72. The molecular weight excluding hydrogens is 421 g/mol. The van der Waals surface area contributed by atoms with Crippen LogP contribution in [0.5, 0.6) is 0 Å². The van der Waals surface area contributed by atoms with Crippen molar-refractivity contribution < 1.29 is 0 Å². The molecule has 2 aromatic rings. The topological polar surface area (TPSA) is 12.0 Å². The second-order valence-electron chi connectivity index (χ2n) is 4.03. The van der Waals surface area contributed by atoms with Gasteiger partial charge >= 0.3 is 0 Å². The van der Waals surface area contributed by atoms with Crippen LogP contribution in [0, 0.1) is 3.57 Å². The highest BCUT2D eigenvalue weighted by Crippen LogP contribution is 2.29. The Labute approximate surface area is 134 Å². The van der Waals surface area contributed by atoms with Gasteiger partial charge in [0.05, 0.1) is 0 Å². The van der Waals surface area contributed by atoms with Crippen molar-refractivity contribution in [3.05, 3.63) is 54.2 Å². The van der Waals surface area contributed by atoms with E-state index in [0.717, 1.165) is 13.0 Å². The van der Waals surface area contributed by atoms with E-state index in [2.05, 4.69) is 86.5 Å². The van der Waals surface area contributed by atoms with Crippen molar-refractivity contribution >= 4 is 49.9 Å². The molecule has 0 spiro atoms. The SMILES string of the molecule is CCNC(Cc1sccc1Br)c1ccccc1I. The molecule has 1 unspecified atom stereocenters. The van der Waals surface area contributed by atoms with E-state index in [1.165, 1.54) is 18.5 Å². The quantitative estimate of drug-likeness (QED) is 0.651. The highest BCUT2D eigenvalue weighted by molar-refractivity contribution is 14.1. The van der Waals surface area contributed by atoms with Crippen molar-refractivity contribution in [1.29, 1.82) is 0 Å². The first-order valence-corrected chi connectivity index (χ1v) is 8.67.